The van der Waals surface area contributed by atoms with Crippen molar-refractivity contribution >= 4 is 16.7 Å². The van der Waals surface area contributed by atoms with E-state index in [0.29, 0.717) is 11.7 Å². The number of nitrogens with zero attached hydrogens (tertiary/aromatic N) is 3. The maximum atomic E-state index is 5.91. The van der Waals surface area contributed by atoms with Crippen LogP contribution in [0.1, 0.15) is 49.3 Å². The van der Waals surface area contributed by atoms with Gasteiger partial charge in [0.2, 0.25) is 0 Å². The number of fused-ring (bicyclic) bond motifs is 1. The molecule has 30 heavy (non-hydrogen) atoms. The first kappa shape index (κ1) is 17.7. The van der Waals surface area contributed by atoms with E-state index in [4.69, 9.17) is 10.8 Å². The average Bonchev–Trinajstić information content (AvgIpc) is 3.70. The van der Waals surface area contributed by atoms with E-state index in [1.54, 1.807) is 6.20 Å². The van der Waals surface area contributed by atoms with Gasteiger partial charge in [0.1, 0.15) is 5.82 Å². The smallest absolute Gasteiger partial charge is 0.123 e. The van der Waals surface area contributed by atoms with Crippen molar-refractivity contribution in [2.24, 2.45) is 5.92 Å². The lowest BCUT2D eigenvalue weighted by atomic mass is 10.0. The van der Waals surface area contributed by atoms with Gasteiger partial charge >= 0.3 is 0 Å². The molecule has 0 amide bonds. The van der Waals surface area contributed by atoms with E-state index < -0.39 is 0 Å². The molecule has 0 bridgehead atoms. The molecular weight excluding hydrogens is 368 g/mol. The number of rotatable bonds is 6. The topological polar surface area (TPSA) is 56.7 Å². The van der Waals surface area contributed by atoms with Gasteiger partial charge in [0.15, 0.2) is 0 Å². The van der Waals surface area contributed by atoms with Gasteiger partial charge in [-0.1, -0.05) is 37.1 Å². The zero-order valence-corrected chi connectivity index (χ0v) is 17.1. The summed E-state index contributed by atoms with van der Waals surface area (Å²) in [4.78, 5) is 4.13. The van der Waals surface area contributed by atoms with Crippen LogP contribution in [0.4, 0.5) is 5.82 Å². The lowest BCUT2D eigenvalue weighted by Crippen LogP contribution is -1.98. The third-order valence-electron chi connectivity index (χ3n) is 6.51. The van der Waals surface area contributed by atoms with Gasteiger partial charge in [0.05, 0.1) is 16.9 Å². The van der Waals surface area contributed by atoms with Gasteiger partial charge < -0.3 is 5.73 Å². The van der Waals surface area contributed by atoms with Crippen molar-refractivity contribution < 1.29 is 0 Å². The van der Waals surface area contributed by atoms with Crippen molar-refractivity contribution in [3.05, 3.63) is 72.1 Å². The Kier molecular flexibility index (Phi) is 4.12. The van der Waals surface area contributed by atoms with Crippen molar-refractivity contribution in [2.45, 2.75) is 44.4 Å². The number of aromatic nitrogens is 3. The van der Waals surface area contributed by atoms with Crippen LogP contribution in [-0.2, 0) is 6.42 Å². The number of hydrogen-bond acceptors (Lipinski definition) is 3. The Morgan fingerprint density at radius 3 is 2.43 bits per heavy atom. The number of nitrogens with two attached hydrogens (primary N) is 1. The second-order valence-corrected chi connectivity index (χ2v) is 8.92. The van der Waals surface area contributed by atoms with Gasteiger partial charge in [-0.05, 0) is 78.6 Å². The number of hydrogen-bond donors (Lipinski definition) is 1. The molecule has 4 heteroatoms. The van der Waals surface area contributed by atoms with Crippen molar-refractivity contribution in [3.63, 3.8) is 0 Å². The molecule has 0 radical (unpaired) electrons. The normalized spacial score (nSPS) is 16.3. The monoisotopic (exact) mass is 394 g/mol. The number of nitrogen functional groups attached to an aromatic ring is 1. The number of pyridine rings is 1. The van der Waals surface area contributed by atoms with Crippen LogP contribution in [0, 0.1) is 5.92 Å². The summed E-state index contributed by atoms with van der Waals surface area (Å²) in [6.45, 7) is 0. The molecule has 2 aliphatic rings. The molecule has 2 aromatic heterocycles. The molecule has 2 N–H and O–H groups in total. The van der Waals surface area contributed by atoms with Gasteiger partial charge in [0.25, 0.3) is 0 Å². The highest BCUT2D eigenvalue weighted by molar-refractivity contribution is 5.89. The van der Waals surface area contributed by atoms with E-state index >= 15 is 0 Å². The van der Waals surface area contributed by atoms with Gasteiger partial charge in [-0.25, -0.2) is 9.67 Å². The maximum Gasteiger partial charge on any atom is 0.123 e. The van der Waals surface area contributed by atoms with Crippen molar-refractivity contribution in [1.29, 1.82) is 0 Å². The molecule has 0 unspecified atom stereocenters. The molecule has 4 nitrogen and oxygen atoms in total. The van der Waals surface area contributed by atoms with E-state index in [1.807, 2.05) is 12.1 Å². The first-order valence-electron chi connectivity index (χ1n) is 11.1. The molecule has 2 aromatic carbocycles. The summed E-state index contributed by atoms with van der Waals surface area (Å²) < 4.78 is 2.13. The van der Waals surface area contributed by atoms with Crippen molar-refractivity contribution in [3.8, 4) is 16.8 Å². The average molecular weight is 395 g/mol. The number of anilines is 1. The highest BCUT2D eigenvalue weighted by atomic mass is 15.3. The molecule has 6 rings (SSSR count). The molecule has 4 aromatic rings. The number of benzene rings is 2. The fraction of sp³-hybridized carbons (Fsp3) is 0.308. The van der Waals surface area contributed by atoms with Crippen LogP contribution in [0.5, 0.6) is 0 Å². The van der Waals surface area contributed by atoms with Crippen LogP contribution >= 0.6 is 0 Å². The zero-order chi connectivity index (χ0) is 20.1. The first-order valence-corrected chi connectivity index (χ1v) is 11.1. The molecule has 0 aliphatic heterocycles. The third kappa shape index (κ3) is 3.36. The Hall–Kier alpha value is -3.14. The fourth-order valence-electron chi connectivity index (χ4n) is 4.38. The van der Waals surface area contributed by atoms with Gasteiger partial charge in [0, 0.05) is 17.5 Å². The molecule has 0 atom stereocenters. The predicted octanol–water partition coefficient (Wildman–Crippen LogP) is 5.89. The summed E-state index contributed by atoms with van der Waals surface area (Å²) in [6.07, 6.45) is 9.62. The van der Waals surface area contributed by atoms with Crippen LogP contribution in [0.3, 0.4) is 0 Å². The maximum absolute atomic E-state index is 5.91. The molecule has 150 valence electrons. The van der Waals surface area contributed by atoms with Crippen LogP contribution in [0.2, 0.25) is 0 Å². The minimum atomic E-state index is 0.543. The molecular formula is C26H26N4. The molecule has 2 heterocycles. The Bertz CT molecular complexity index is 1210. The van der Waals surface area contributed by atoms with Crippen molar-refractivity contribution in [1.82, 2.24) is 14.8 Å². The Morgan fingerprint density at radius 2 is 1.70 bits per heavy atom. The summed E-state index contributed by atoms with van der Waals surface area (Å²) in [7, 11) is 0. The third-order valence-corrected chi connectivity index (χ3v) is 6.51. The van der Waals surface area contributed by atoms with E-state index in [2.05, 4.69) is 52.1 Å². The van der Waals surface area contributed by atoms with Gasteiger partial charge in [-0.3, -0.25) is 0 Å². The highest BCUT2D eigenvalue weighted by Gasteiger charge is 2.29. The summed E-state index contributed by atoms with van der Waals surface area (Å²) >= 11 is 0. The largest absolute Gasteiger partial charge is 0.384 e. The molecule has 2 aliphatic carbocycles. The quantitative estimate of drug-likeness (QED) is 0.444. The lowest BCUT2D eigenvalue weighted by molar-refractivity contribution is 0.726. The standard InChI is InChI=1S/C26H26N4/c27-25-16-21(13-14-28-25)20-9-12-23-24(15-20)30(29-26(23)19-7-8-19)22-10-5-18(6-11-22)4-3-17-1-2-17/h5-6,9-17,19H,1-4,7-8H2,(H2,27,28). The Morgan fingerprint density at radius 1 is 0.900 bits per heavy atom. The first-order chi connectivity index (χ1) is 14.7. The van der Waals surface area contributed by atoms with E-state index in [9.17, 15) is 0 Å². The summed E-state index contributed by atoms with van der Waals surface area (Å²) in [5.41, 5.74) is 13.1. The summed E-state index contributed by atoms with van der Waals surface area (Å²) in [5, 5.41) is 6.33. The van der Waals surface area contributed by atoms with Crippen LogP contribution in [-0.4, -0.2) is 14.8 Å². The second kappa shape index (κ2) is 6.98. The molecule has 0 spiro atoms. The fourth-order valence-corrected chi connectivity index (χ4v) is 4.38. The highest BCUT2D eigenvalue weighted by Crippen LogP contribution is 2.43. The predicted molar refractivity (Wildman–Crippen MR) is 122 cm³/mol. The van der Waals surface area contributed by atoms with E-state index in [0.717, 1.165) is 28.2 Å². The number of aryl methyl sites for hydroxylation is 1. The molecule has 2 fully saturated rings. The van der Waals surface area contributed by atoms with Crippen LogP contribution < -0.4 is 5.73 Å². The van der Waals surface area contributed by atoms with Crippen LogP contribution in [0.15, 0.2) is 60.8 Å². The Labute approximate surface area is 176 Å². The summed E-state index contributed by atoms with van der Waals surface area (Å²) in [6, 6.07) is 19.6. The van der Waals surface area contributed by atoms with Gasteiger partial charge in [-0.2, -0.15) is 5.10 Å². The Balaban J connectivity index is 1.41. The van der Waals surface area contributed by atoms with Gasteiger partial charge in [-0.15, -0.1) is 0 Å². The van der Waals surface area contributed by atoms with Crippen molar-refractivity contribution in [2.75, 3.05) is 5.73 Å². The van der Waals surface area contributed by atoms with Crippen LogP contribution in [0.25, 0.3) is 27.7 Å². The van der Waals surface area contributed by atoms with E-state index in [-0.39, 0.29) is 0 Å². The second-order valence-electron chi connectivity index (χ2n) is 8.92. The summed E-state index contributed by atoms with van der Waals surface area (Å²) in [5.74, 6) is 2.12. The minimum Gasteiger partial charge on any atom is -0.384 e. The minimum absolute atomic E-state index is 0.543. The SMILES string of the molecule is Nc1cc(-c2ccc3c(C4CC4)nn(-c4ccc(CCC5CC5)cc4)c3c2)ccn1. The lowest BCUT2D eigenvalue weighted by Gasteiger charge is -2.07. The van der Waals surface area contributed by atoms with E-state index in [1.165, 1.54) is 55.2 Å². The molecule has 2 saturated carbocycles. The zero-order valence-electron chi connectivity index (χ0n) is 17.1. The molecule has 0 saturated heterocycles.